The van der Waals surface area contributed by atoms with Crippen molar-refractivity contribution in [3.63, 3.8) is 0 Å². The maximum Gasteiger partial charge on any atom is 0.416 e. The van der Waals surface area contributed by atoms with Gasteiger partial charge in [0, 0.05) is 18.5 Å². The van der Waals surface area contributed by atoms with Crippen LogP contribution in [0.25, 0.3) is 0 Å². The van der Waals surface area contributed by atoms with E-state index < -0.39 is 17.2 Å². The van der Waals surface area contributed by atoms with E-state index in [1.54, 1.807) is 4.90 Å². The highest BCUT2D eigenvalue weighted by atomic mass is 19.4. The van der Waals surface area contributed by atoms with E-state index in [2.05, 4.69) is 5.32 Å². The molecule has 0 radical (unpaired) electrons. The summed E-state index contributed by atoms with van der Waals surface area (Å²) in [4.78, 5) is 26.5. The van der Waals surface area contributed by atoms with E-state index in [1.807, 2.05) is 20.8 Å². The quantitative estimate of drug-likeness (QED) is 0.770. The van der Waals surface area contributed by atoms with E-state index in [4.69, 9.17) is 4.74 Å². The Labute approximate surface area is 163 Å². The van der Waals surface area contributed by atoms with Crippen LogP contribution in [0.5, 0.6) is 5.75 Å². The minimum Gasteiger partial charge on any atom is -0.492 e. The van der Waals surface area contributed by atoms with Gasteiger partial charge in [0.25, 0.3) is 0 Å². The summed E-state index contributed by atoms with van der Waals surface area (Å²) < 4.78 is 42.9. The average molecular weight is 400 g/mol. The minimum atomic E-state index is -4.38. The lowest BCUT2D eigenvalue weighted by Crippen LogP contribution is -2.49. The lowest BCUT2D eigenvalue weighted by atomic mass is 9.91. The van der Waals surface area contributed by atoms with Gasteiger partial charge in [-0.05, 0) is 37.1 Å². The van der Waals surface area contributed by atoms with Crippen LogP contribution in [0.1, 0.15) is 39.2 Å². The average Bonchev–Trinajstić information content (AvgIpc) is 2.63. The Morgan fingerprint density at radius 2 is 1.82 bits per heavy atom. The zero-order valence-electron chi connectivity index (χ0n) is 16.4. The lowest BCUT2D eigenvalue weighted by Gasteiger charge is -2.35. The summed E-state index contributed by atoms with van der Waals surface area (Å²) in [5.74, 6) is -0.0500. The molecule has 0 bridgehead atoms. The number of nitrogens with zero attached hydrogens (tertiary/aromatic N) is 1. The first-order valence-electron chi connectivity index (χ1n) is 9.35. The Hall–Kier alpha value is -2.25. The number of likely N-dealkylation sites (tertiary alicyclic amines) is 1. The molecule has 2 amide bonds. The van der Waals surface area contributed by atoms with Gasteiger partial charge in [0.1, 0.15) is 12.4 Å². The fourth-order valence-electron chi connectivity index (χ4n) is 3.08. The van der Waals surface area contributed by atoms with Crippen molar-refractivity contribution in [1.82, 2.24) is 10.2 Å². The maximum atomic E-state index is 12.5. The molecule has 1 atom stereocenters. The summed E-state index contributed by atoms with van der Waals surface area (Å²) in [5, 5.41) is 2.77. The van der Waals surface area contributed by atoms with E-state index in [9.17, 15) is 22.8 Å². The first-order chi connectivity index (χ1) is 13.0. The first-order valence-corrected chi connectivity index (χ1v) is 9.35. The normalized spacial score (nSPS) is 17.9. The predicted octanol–water partition coefficient (Wildman–Crippen LogP) is 3.49. The van der Waals surface area contributed by atoms with E-state index >= 15 is 0 Å². The fraction of sp³-hybridized carbons (Fsp3) is 0.600. The van der Waals surface area contributed by atoms with Gasteiger partial charge in [0.05, 0.1) is 18.0 Å². The van der Waals surface area contributed by atoms with Crippen LogP contribution in [0.2, 0.25) is 0 Å². The number of nitrogens with one attached hydrogen (secondary N) is 1. The van der Waals surface area contributed by atoms with Gasteiger partial charge in [-0.3, -0.25) is 9.59 Å². The van der Waals surface area contributed by atoms with E-state index in [0.717, 1.165) is 25.0 Å². The Morgan fingerprint density at radius 1 is 1.18 bits per heavy atom. The van der Waals surface area contributed by atoms with E-state index in [-0.39, 0.29) is 30.9 Å². The van der Waals surface area contributed by atoms with Crippen LogP contribution >= 0.6 is 0 Å². The molecule has 0 aromatic heterocycles. The zero-order chi connectivity index (χ0) is 20.9. The van der Waals surface area contributed by atoms with E-state index in [0.29, 0.717) is 18.8 Å². The number of halogens is 3. The van der Waals surface area contributed by atoms with Crippen molar-refractivity contribution in [3.8, 4) is 5.75 Å². The first kappa shape index (κ1) is 22.0. The summed E-state index contributed by atoms with van der Waals surface area (Å²) >= 11 is 0. The fourth-order valence-corrected chi connectivity index (χ4v) is 3.08. The van der Waals surface area contributed by atoms with Gasteiger partial charge in [-0.2, -0.15) is 13.2 Å². The molecule has 28 heavy (non-hydrogen) atoms. The van der Waals surface area contributed by atoms with Crippen molar-refractivity contribution < 1.29 is 27.5 Å². The van der Waals surface area contributed by atoms with Gasteiger partial charge in [-0.1, -0.05) is 20.8 Å². The Morgan fingerprint density at radius 3 is 2.39 bits per heavy atom. The lowest BCUT2D eigenvalue weighted by molar-refractivity contribution is -0.143. The molecule has 1 heterocycles. The number of carbonyl (C=O) groups is 2. The molecule has 0 saturated carbocycles. The second-order valence-corrected chi connectivity index (χ2v) is 8.00. The van der Waals surface area contributed by atoms with Gasteiger partial charge >= 0.3 is 6.18 Å². The third-order valence-electron chi connectivity index (χ3n) is 4.57. The zero-order valence-corrected chi connectivity index (χ0v) is 16.4. The summed E-state index contributed by atoms with van der Waals surface area (Å²) in [7, 11) is 0. The van der Waals surface area contributed by atoms with Crippen LogP contribution in [-0.2, 0) is 15.8 Å². The molecule has 5 nitrogen and oxygen atoms in total. The molecule has 1 aliphatic rings. The van der Waals surface area contributed by atoms with Crippen LogP contribution in [0, 0.1) is 11.3 Å². The van der Waals surface area contributed by atoms with Crippen molar-refractivity contribution in [2.24, 2.45) is 11.3 Å². The molecule has 0 aliphatic carbocycles. The largest absolute Gasteiger partial charge is 0.492 e. The summed E-state index contributed by atoms with van der Waals surface area (Å²) in [5.41, 5.74) is -1.21. The maximum absolute atomic E-state index is 12.5. The molecular formula is C20H27F3N2O3. The predicted molar refractivity (Wildman–Crippen MR) is 98.7 cm³/mol. The Balaban J connectivity index is 1.75. The van der Waals surface area contributed by atoms with Gasteiger partial charge in [-0.25, -0.2) is 0 Å². The van der Waals surface area contributed by atoms with Crippen molar-refractivity contribution in [3.05, 3.63) is 29.8 Å². The topological polar surface area (TPSA) is 58.6 Å². The third kappa shape index (κ3) is 6.14. The number of carbonyl (C=O) groups excluding carboxylic acids is 2. The second-order valence-electron chi connectivity index (χ2n) is 8.00. The number of alkyl halides is 3. The molecule has 2 rings (SSSR count). The van der Waals surface area contributed by atoms with Crippen molar-refractivity contribution >= 4 is 11.8 Å². The van der Waals surface area contributed by atoms with Crippen molar-refractivity contribution in [2.75, 3.05) is 26.2 Å². The number of rotatable bonds is 5. The molecule has 1 aliphatic heterocycles. The Bertz CT molecular complexity index is 681. The summed E-state index contributed by atoms with van der Waals surface area (Å²) in [6.45, 7) is 7.03. The molecular weight excluding hydrogens is 373 g/mol. The molecule has 8 heteroatoms. The molecule has 1 fully saturated rings. The van der Waals surface area contributed by atoms with Crippen molar-refractivity contribution in [2.45, 2.75) is 39.8 Å². The number of hydrogen-bond donors (Lipinski definition) is 1. The smallest absolute Gasteiger partial charge is 0.416 e. The van der Waals surface area contributed by atoms with Crippen LogP contribution in [0.15, 0.2) is 24.3 Å². The minimum absolute atomic E-state index is 0.0376. The van der Waals surface area contributed by atoms with Crippen LogP contribution in [0.3, 0.4) is 0 Å². The third-order valence-corrected chi connectivity index (χ3v) is 4.57. The molecule has 0 spiro atoms. The highest BCUT2D eigenvalue weighted by Gasteiger charge is 2.33. The molecule has 1 unspecified atom stereocenters. The monoisotopic (exact) mass is 400 g/mol. The summed E-state index contributed by atoms with van der Waals surface area (Å²) in [6.07, 6.45) is -2.88. The van der Waals surface area contributed by atoms with Gasteiger partial charge in [-0.15, -0.1) is 0 Å². The number of amides is 2. The highest BCUT2D eigenvalue weighted by Crippen LogP contribution is 2.30. The molecule has 1 aromatic carbocycles. The second kappa shape index (κ2) is 8.84. The number of hydrogen-bond acceptors (Lipinski definition) is 3. The number of benzene rings is 1. The van der Waals surface area contributed by atoms with Crippen LogP contribution in [-0.4, -0.2) is 43.0 Å². The van der Waals surface area contributed by atoms with Crippen molar-refractivity contribution in [1.29, 1.82) is 0 Å². The SMILES string of the molecule is CC(C)(C)C(=O)N1CCCC(C(=O)NCCOc2ccc(C(F)(F)F)cc2)C1. The molecule has 156 valence electrons. The Kier molecular flexibility index (Phi) is 6.96. The van der Waals surface area contributed by atoms with E-state index in [1.165, 1.54) is 12.1 Å². The van der Waals surface area contributed by atoms with Gasteiger partial charge < -0.3 is 15.0 Å². The standard InChI is InChI=1S/C20H27F3N2O3/c1-19(2,3)18(27)25-11-4-5-14(13-25)17(26)24-10-12-28-16-8-6-15(7-9-16)20(21,22)23/h6-9,14H,4-5,10-13H2,1-3H3,(H,24,26). The molecule has 1 saturated heterocycles. The number of ether oxygens (including phenoxy) is 1. The van der Waals surface area contributed by atoms with Gasteiger partial charge in [0.15, 0.2) is 0 Å². The van der Waals surface area contributed by atoms with Crippen LogP contribution < -0.4 is 10.1 Å². The number of piperidine rings is 1. The van der Waals surface area contributed by atoms with Crippen LogP contribution in [0.4, 0.5) is 13.2 Å². The highest BCUT2D eigenvalue weighted by molar-refractivity contribution is 5.83. The van der Waals surface area contributed by atoms with Gasteiger partial charge in [0.2, 0.25) is 11.8 Å². The molecule has 1 aromatic rings. The summed E-state index contributed by atoms with van der Waals surface area (Å²) in [6, 6.07) is 4.41. The molecule has 1 N–H and O–H groups in total.